The molecule has 2 saturated heterocycles. The summed E-state index contributed by atoms with van der Waals surface area (Å²) in [6.45, 7) is 2.35. The highest BCUT2D eigenvalue weighted by Crippen LogP contribution is 2.27. The van der Waals surface area contributed by atoms with E-state index in [9.17, 15) is 4.79 Å². The molecule has 0 aromatic heterocycles. The first kappa shape index (κ1) is 14.4. The maximum absolute atomic E-state index is 12.4. The van der Waals surface area contributed by atoms with E-state index in [0.717, 1.165) is 28.8 Å². The topological polar surface area (TPSA) is 32.3 Å². The van der Waals surface area contributed by atoms with E-state index in [1.807, 2.05) is 18.2 Å². The van der Waals surface area contributed by atoms with Crippen LogP contribution in [-0.2, 0) is 0 Å². The van der Waals surface area contributed by atoms with Crippen molar-refractivity contribution in [1.29, 1.82) is 0 Å². The molecule has 1 N–H and O–H groups in total. The van der Waals surface area contributed by atoms with E-state index in [1.54, 1.807) is 0 Å². The Labute approximate surface area is 133 Å². The van der Waals surface area contributed by atoms with Crippen molar-refractivity contribution in [2.75, 3.05) is 13.1 Å². The summed E-state index contributed by atoms with van der Waals surface area (Å²) in [5.74, 6) is 0.00391. The number of rotatable bonds is 2. The lowest BCUT2D eigenvalue weighted by Crippen LogP contribution is -2.47. The zero-order valence-electron chi connectivity index (χ0n) is 11.3. The molecule has 2 heterocycles. The Bertz CT molecular complexity index is 523. The highest BCUT2D eigenvalue weighted by Gasteiger charge is 2.32. The molecule has 1 amide bonds. The molecule has 108 valence electrons. The monoisotopic (exact) mass is 354 g/mol. The van der Waals surface area contributed by atoms with E-state index in [-0.39, 0.29) is 5.91 Å². The molecule has 2 atom stereocenters. The minimum Gasteiger partial charge on any atom is -0.349 e. The quantitative estimate of drug-likeness (QED) is 0.799. The smallest absolute Gasteiger partial charge is 0.252 e. The summed E-state index contributed by atoms with van der Waals surface area (Å²) in [4.78, 5) is 15.8. The van der Waals surface area contributed by atoms with E-state index in [1.165, 1.54) is 19.4 Å². The second-order valence-electron chi connectivity index (χ2n) is 5.69. The molecule has 0 aliphatic carbocycles. The van der Waals surface area contributed by atoms with Gasteiger partial charge in [0.15, 0.2) is 0 Å². The lowest BCUT2D eigenvalue weighted by molar-refractivity contribution is 0.0895. The molecule has 20 heavy (non-hydrogen) atoms. The van der Waals surface area contributed by atoms with Crippen molar-refractivity contribution in [2.45, 2.75) is 42.7 Å². The van der Waals surface area contributed by atoms with Gasteiger partial charge in [0.1, 0.15) is 0 Å². The van der Waals surface area contributed by atoms with E-state index in [4.69, 9.17) is 0 Å². The number of nitrogens with one attached hydrogen (secondary N) is 1. The SMILES string of the molecule is O=C(NC1CCN2CCCC2C1)c1cc(S)ccc1Br. The van der Waals surface area contributed by atoms with Crippen LogP contribution < -0.4 is 5.32 Å². The zero-order valence-corrected chi connectivity index (χ0v) is 13.8. The van der Waals surface area contributed by atoms with Crippen molar-refractivity contribution in [3.8, 4) is 0 Å². The first-order chi connectivity index (χ1) is 9.63. The van der Waals surface area contributed by atoms with Gasteiger partial charge >= 0.3 is 0 Å². The molecular formula is C15H19BrN2OS. The van der Waals surface area contributed by atoms with E-state index in [0.29, 0.717) is 17.6 Å². The fourth-order valence-corrected chi connectivity index (χ4v) is 3.94. The first-order valence-electron chi connectivity index (χ1n) is 7.17. The Morgan fingerprint density at radius 2 is 2.20 bits per heavy atom. The van der Waals surface area contributed by atoms with Crippen LogP contribution in [-0.4, -0.2) is 36.0 Å². The van der Waals surface area contributed by atoms with Gasteiger partial charge in [-0.2, -0.15) is 0 Å². The fourth-order valence-electron chi connectivity index (χ4n) is 3.31. The number of thiol groups is 1. The Hall–Kier alpha value is -0.520. The number of hydrogen-bond acceptors (Lipinski definition) is 3. The van der Waals surface area contributed by atoms with Gasteiger partial charge in [-0.3, -0.25) is 4.79 Å². The number of benzene rings is 1. The van der Waals surface area contributed by atoms with Crippen LogP contribution in [0.3, 0.4) is 0 Å². The molecule has 3 nitrogen and oxygen atoms in total. The second-order valence-corrected chi connectivity index (χ2v) is 7.06. The van der Waals surface area contributed by atoms with Gasteiger partial charge in [0, 0.05) is 28.0 Å². The summed E-state index contributed by atoms with van der Waals surface area (Å²) < 4.78 is 0.825. The molecular weight excluding hydrogens is 336 g/mol. The Kier molecular flexibility index (Phi) is 4.38. The summed E-state index contributed by atoms with van der Waals surface area (Å²) in [5.41, 5.74) is 0.673. The average Bonchev–Trinajstić information content (AvgIpc) is 2.89. The van der Waals surface area contributed by atoms with Gasteiger partial charge in [0.2, 0.25) is 0 Å². The molecule has 2 unspecified atom stereocenters. The number of hydrogen-bond donors (Lipinski definition) is 2. The number of carbonyl (C=O) groups excluding carboxylic acids is 1. The van der Waals surface area contributed by atoms with Crippen LogP contribution in [0.25, 0.3) is 0 Å². The zero-order chi connectivity index (χ0) is 14.1. The number of carbonyl (C=O) groups is 1. The standard InChI is InChI=1S/C15H19BrN2OS/c16-14-4-3-12(20)9-13(14)15(19)17-10-5-7-18-6-1-2-11(18)8-10/h3-4,9-11,20H,1-2,5-8H2,(H,17,19). The van der Waals surface area contributed by atoms with Crippen molar-refractivity contribution in [3.63, 3.8) is 0 Å². The van der Waals surface area contributed by atoms with Crippen molar-refractivity contribution < 1.29 is 4.79 Å². The molecule has 0 saturated carbocycles. The normalized spacial score (nSPS) is 26.3. The van der Waals surface area contributed by atoms with Gasteiger partial charge in [0.25, 0.3) is 5.91 Å². The molecule has 2 fully saturated rings. The summed E-state index contributed by atoms with van der Waals surface area (Å²) >= 11 is 7.74. The summed E-state index contributed by atoms with van der Waals surface area (Å²) in [5, 5.41) is 3.19. The molecule has 1 aromatic carbocycles. The number of fused-ring (bicyclic) bond motifs is 1. The maximum atomic E-state index is 12.4. The average molecular weight is 355 g/mol. The summed E-state index contributed by atoms with van der Waals surface area (Å²) in [6.07, 6.45) is 4.73. The van der Waals surface area contributed by atoms with Crippen molar-refractivity contribution in [2.24, 2.45) is 0 Å². The van der Waals surface area contributed by atoms with Crippen LogP contribution in [0.4, 0.5) is 0 Å². The number of halogens is 1. The Balaban J connectivity index is 1.65. The van der Waals surface area contributed by atoms with Crippen LogP contribution in [0, 0.1) is 0 Å². The number of amides is 1. The number of piperidine rings is 1. The summed E-state index contributed by atoms with van der Waals surface area (Å²) in [7, 11) is 0. The molecule has 0 radical (unpaired) electrons. The van der Waals surface area contributed by atoms with E-state index >= 15 is 0 Å². The van der Waals surface area contributed by atoms with E-state index < -0.39 is 0 Å². The largest absolute Gasteiger partial charge is 0.349 e. The van der Waals surface area contributed by atoms with Gasteiger partial charge in [-0.05, 0) is 66.4 Å². The van der Waals surface area contributed by atoms with Crippen LogP contribution in [0.5, 0.6) is 0 Å². The molecule has 1 aromatic rings. The Morgan fingerprint density at radius 1 is 1.35 bits per heavy atom. The highest BCUT2D eigenvalue weighted by molar-refractivity contribution is 9.10. The van der Waals surface area contributed by atoms with Gasteiger partial charge in [-0.1, -0.05) is 0 Å². The van der Waals surface area contributed by atoms with Crippen molar-refractivity contribution in [3.05, 3.63) is 28.2 Å². The predicted octanol–water partition coefficient (Wildman–Crippen LogP) is 3.09. The van der Waals surface area contributed by atoms with Crippen molar-refractivity contribution in [1.82, 2.24) is 10.2 Å². The van der Waals surface area contributed by atoms with Gasteiger partial charge < -0.3 is 10.2 Å². The second kappa shape index (κ2) is 6.08. The lowest BCUT2D eigenvalue weighted by Gasteiger charge is -2.35. The molecule has 0 bridgehead atoms. The maximum Gasteiger partial charge on any atom is 0.252 e. The highest BCUT2D eigenvalue weighted by atomic mass is 79.9. The third-order valence-electron chi connectivity index (χ3n) is 4.35. The third kappa shape index (κ3) is 3.05. The lowest BCUT2D eigenvalue weighted by atomic mass is 9.97. The minimum atomic E-state index is 0.00391. The van der Waals surface area contributed by atoms with Gasteiger partial charge in [-0.25, -0.2) is 0 Å². The van der Waals surface area contributed by atoms with Gasteiger partial charge in [-0.15, -0.1) is 12.6 Å². The minimum absolute atomic E-state index is 0.00391. The van der Waals surface area contributed by atoms with Crippen LogP contribution >= 0.6 is 28.6 Å². The molecule has 5 heteroatoms. The van der Waals surface area contributed by atoms with E-state index in [2.05, 4.69) is 38.8 Å². The fraction of sp³-hybridized carbons (Fsp3) is 0.533. The molecule has 2 aliphatic heterocycles. The van der Waals surface area contributed by atoms with Crippen molar-refractivity contribution >= 4 is 34.5 Å². The number of nitrogens with zero attached hydrogens (tertiary/aromatic N) is 1. The van der Waals surface area contributed by atoms with Crippen LogP contribution in [0.15, 0.2) is 27.6 Å². The third-order valence-corrected chi connectivity index (χ3v) is 5.32. The predicted molar refractivity (Wildman–Crippen MR) is 86.5 cm³/mol. The summed E-state index contributed by atoms with van der Waals surface area (Å²) in [6, 6.07) is 6.54. The molecule has 2 aliphatic rings. The molecule has 3 rings (SSSR count). The Morgan fingerprint density at radius 3 is 3.05 bits per heavy atom. The first-order valence-corrected chi connectivity index (χ1v) is 8.41. The molecule has 0 spiro atoms. The van der Waals surface area contributed by atoms with Crippen LogP contribution in [0.2, 0.25) is 0 Å². The van der Waals surface area contributed by atoms with Crippen LogP contribution in [0.1, 0.15) is 36.0 Å². The van der Waals surface area contributed by atoms with Gasteiger partial charge in [0.05, 0.1) is 5.56 Å².